The molecule has 0 saturated heterocycles. The van der Waals surface area contributed by atoms with E-state index in [0.717, 1.165) is 22.4 Å². The smallest absolute Gasteiger partial charge is 0.336 e. The number of aryl methyl sites for hydroxylation is 2. The highest BCUT2D eigenvalue weighted by Gasteiger charge is 2.36. The highest BCUT2D eigenvalue weighted by molar-refractivity contribution is 6.00. The van der Waals surface area contributed by atoms with Crippen LogP contribution in [0.25, 0.3) is 0 Å². The van der Waals surface area contributed by atoms with Gasteiger partial charge in [0.1, 0.15) is 5.75 Å². The molecular formula is C26H29NO5. The number of esters is 2. The summed E-state index contributed by atoms with van der Waals surface area (Å²) in [6.07, 6.45) is 3.46. The van der Waals surface area contributed by atoms with E-state index in [9.17, 15) is 9.59 Å². The van der Waals surface area contributed by atoms with Crippen LogP contribution in [0.1, 0.15) is 36.5 Å². The minimum absolute atomic E-state index is 0.225. The molecule has 1 aliphatic heterocycles. The predicted octanol–water partition coefficient (Wildman–Crippen LogP) is 4.81. The van der Waals surface area contributed by atoms with Crippen molar-refractivity contribution in [2.75, 3.05) is 25.2 Å². The average Bonchev–Trinajstić information content (AvgIpc) is 2.80. The zero-order valence-electron chi connectivity index (χ0n) is 19.2. The lowest BCUT2D eigenvalue weighted by molar-refractivity contribution is -0.139. The van der Waals surface area contributed by atoms with Gasteiger partial charge in [0.15, 0.2) is 0 Å². The van der Waals surface area contributed by atoms with E-state index < -0.39 is 17.9 Å². The molecule has 0 fully saturated rings. The minimum atomic E-state index is -0.647. The van der Waals surface area contributed by atoms with Gasteiger partial charge in [0.05, 0.1) is 37.4 Å². The van der Waals surface area contributed by atoms with E-state index in [0.29, 0.717) is 16.9 Å². The Labute approximate surface area is 189 Å². The lowest BCUT2D eigenvalue weighted by atomic mass is 9.83. The fraction of sp³-hybridized carbons (Fsp3) is 0.308. The molecule has 0 aliphatic carbocycles. The van der Waals surface area contributed by atoms with E-state index in [1.54, 1.807) is 38.3 Å². The Bertz CT molecular complexity index is 1030. The summed E-state index contributed by atoms with van der Waals surface area (Å²) in [7, 11) is 1.58. The number of nitrogens with zero attached hydrogens (tertiary/aromatic N) is 1. The zero-order valence-corrected chi connectivity index (χ0v) is 19.2. The summed E-state index contributed by atoms with van der Waals surface area (Å²) in [6.45, 7) is 8.02. The first-order valence-corrected chi connectivity index (χ1v) is 10.7. The maximum absolute atomic E-state index is 13.0. The van der Waals surface area contributed by atoms with Gasteiger partial charge in [0, 0.05) is 18.1 Å². The highest BCUT2D eigenvalue weighted by Crippen LogP contribution is 2.39. The number of ether oxygens (including phenoxy) is 3. The first-order valence-electron chi connectivity index (χ1n) is 10.7. The third-order valence-electron chi connectivity index (χ3n) is 5.42. The van der Waals surface area contributed by atoms with Crippen molar-refractivity contribution in [3.63, 3.8) is 0 Å². The average molecular weight is 436 g/mol. The van der Waals surface area contributed by atoms with Crippen LogP contribution in [0.3, 0.4) is 0 Å². The number of carbonyl (C=O) groups excluding carboxylic acids is 2. The molecule has 0 saturated carbocycles. The first kappa shape index (κ1) is 23.1. The Hall–Kier alpha value is -3.54. The van der Waals surface area contributed by atoms with Gasteiger partial charge in [-0.2, -0.15) is 0 Å². The van der Waals surface area contributed by atoms with Crippen LogP contribution in [-0.4, -0.2) is 32.3 Å². The van der Waals surface area contributed by atoms with Crippen molar-refractivity contribution in [1.29, 1.82) is 0 Å². The van der Waals surface area contributed by atoms with Crippen molar-refractivity contribution in [3.8, 4) is 5.75 Å². The molecule has 0 atom stereocenters. The standard InChI is InChI=1S/C26H29NO5/c1-6-31-25(28)22-15-27(20-12-11-17(3)18(4)13-20)16-23(26(29)32-7-2)24(22)19-9-8-10-21(14-19)30-5/h8-16,24H,6-7H2,1-5H3. The van der Waals surface area contributed by atoms with Gasteiger partial charge in [-0.25, -0.2) is 9.59 Å². The lowest BCUT2D eigenvalue weighted by Gasteiger charge is -2.30. The first-order chi connectivity index (χ1) is 15.4. The van der Waals surface area contributed by atoms with Gasteiger partial charge in [-0.15, -0.1) is 0 Å². The molecule has 6 nitrogen and oxygen atoms in total. The van der Waals surface area contributed by atoms with E-state index in [-0.39, 0.29) is 13.2 Å². The van der Waals surface area contributed by atoms with E-state index in [1.165, 1.54) is 0 Å². The molecule has 6 heteroatoms. The van der Waals surface area contributed by atoms with Crippen LogP contribution < -0.4 is 9.64 Å². The predicted molar refractivity (Wildman–Crippen MR) is 124 cm³/mol. The van der Waals surface area contributed by atoms with Crippen molar-refractivity contribution in [1.82, 2.24) is 0 Å². The molecule has 2 aromatic carbocycles. The molecular weight excluding hydrogens is 406 g/mol. The number of benzene rings is 2. The second-order valence-corrected chi connectivity index (χ2v) is 7.50. The minimum Gasteiger partial charge on any atom is -0.497 e. The van der Waals surface area contributed by atoms with Gasteiger partial charge >= 0.3 is 11.9 Å². The monoisotopic (exact) mass is 435 g/mol. The maximum atomic E-state index is 13.0. The van der Waals surface area contributed by atoms with E-state index in [1.807, 2.05) is 56.3 Å². The molecule has 3 rings (SSSR count). The SMILES string of the molecule is CCOC(=O)C1=CN(c2ccc(C)c(C)c2)C=C(C(=O)OCC)C1c1cccc(OC)c1. The maximum Gasteiger partial charge on any atom is 0.336 e. The summed E-state index contributed by atoms with van der Waals surface area (Å²) in [5.41, 5.74) is 4.54. The van der Waals surface area contributed by atoms with Crippen LogP contribution in [0.5, 0.6) is 5.75 Å². The number of anilines is 1. The Balaban J connectivity index is 2.19. The highest BCUT2D eigenvalue weighted by atomic mass is 16.5. The second-order valence-electron chi connectivity index (χ2n) is 7.50. The molecule has 0 amide bonds. The second kappa shape index (κ2) is 10.2. The van der Waals surface area contributed by atoms with Gasteiger partial charge in [-0.1, -0.05) is 18.2 Å². The number of methoxy groups -OCH3 is 1. The van der Waals surface area contributed by atoms with Crippen LogP contribution in [0.4, 0.5) is 5.69 Å². The molecule has 1 aliphatic rings. The topological polar surface area (TPSA) is 65.1 Å². The zero-order chi connectivity index (χ0) is 23.3. The summed E-state index contributed by atoms with van der Waals surface area (Å²) in [6, 6.07) is 13.3. The fourth-order valence-electron chi connectivity index (χ4n) is 3.64. The molecule has 0 unspecified atom stereocenters. The van der Waals surface area contributed by atoms with Crippen molar-refractivity contribution < 1.29 is 23.8 Å². The Kier molecular flexibility index (Phi) is 7.36. The largest absolute Gasteiger partial charge is 0.497 e. The molecule has 2 aromatic rings. The Morgan fingerprint density at radius 3 is 2.03 bits per heavy atom. The van der Waals surface area contributed by atoms with Crippen LogP contribution >= 0.6 is 0 Å². The van der Waals surface area contributed by atoms with E-state index in [4.69, 9.17) is 14.2 Å². The van der Waals surface area contributed by atoms with Crippen molar-refractivity contribution in [3.05, 3.63) is 82.7 Å². The van der Waals surface area contributed by atoms with Gasteiger partial charge in [0.25, 0.3) is 0 Å². The Morgan fingerprint density at radius 1 is 0.875 bits per heavy atom. The molecule has 0 aromatic heterocycles. The quantitative estimate of drug-likeness (QED) is 0.582. The molecule has 0 bridgehead atoms. The summed E-state index contributed by atoms with van der Waals surface area (Å²) < 4.78 is 16.1. The summed E-state index contributed by atoms with van der Waals surface area (Å²) in [5.74, 6) is -0.982. The van der Waals surface area contributed by atoms with E-state index >= 15 is 0 Å². The third kappa shape index (κ3) is 4.85. The molecule has 0 N–H and O–H groups in total. The number of rotatable bonds is 7. The third-order valence-corrected chi connectivity index (χ3v) is 5.42. The Morgan fingerprint density at radius 2 is 1.50 bits per heavy atom. The summed E-state index contributed by atoms with van der Waals surface area (Å²) in [4.78, 5) is 27.8. The normalized spacial score (nSPS) is 13.8. The number of carbonyl (C=O) groups is 2. The van der Waals surface area contributed by atoms with Crippen LogP contribution in [-0.2, 0) is 19.1 Å². The number of hydrogen-bond donors (Lipinski definition) is 0. The molecule has 0 spiro atoms. The van der Waals surface area contributed by atoms with Gasteiger partial charge in [0.2, 0.25) is 0 Å². The molecule has 0 radical (unpaired) electrons. The van der Waals surface area contributed by atoms with Crippen LogP contribution in [0.2, 0.25) is 0 Å². The van der Waals surface area contributed by atoms with Crippen molar-refractivity contribution in [2.45, 2.75) is 33.6 Å². The van der Waals surface area contributed by atoms with Gasteiger partial charge in [-0.05, 0) is 68.7 Å². The molecule has 1 heterocycles. The molecule has 32 heavy (non-hydrogen) atoms. The van der Waals surface area contributed by atoms with Crippen LogP contribution in [0, 0.1) is 13.8 Å². The van der Waals surface area contributed by atoms with Gasteiger partial charge in [-0.3, -0.25) is 0 Å². The van der Waals surface area contributed by atoms with E-state index in [2.05, 4.69) is 0 Å². The summed E-state index contributed by atoms with van der Waals surface area (Å²) >= 11 is 0. The summed E-state index contributed by atoms with van der Waals surface area (Å²) in [5, 5.41) is 0. The van der Waals surface area contributed by atoms with Crippen molar-refractivity contribution in [2.24, 2.45) is 0 Å². The van der Waals surface area contributed by atoms with Gasteiger partial charge < -0.3 is 19.1 Å². The molecule has 168 valence electrons. The lowest BCUT2D eigenvalue weighted by Crippen LogP contribution is -2.29. The number of hydrogen-bond acceptors (Lipinski definition) is 6. The van der Waals surface area contributed by atoms with Crippen LogP contribution in [0.15, 0.2) is 66.0 Å². The van der Waals surface area contributed by atoms with Crippen molar-refractivity contribution >= 4 is 17.6 Å². The fourth-order valence-corrected chi connectivity index (χ4v) is 3.64.